The topological polar surface area (TPSA) is 104 Å². The maximum atomic E-state index is 13.0. The molecule has 0 saturated carbocycles. The molecule has 0 bridgehead atoms. The lowest BCUT2D eigenvalue weighted by Crippen LogP contribution is -2.29. The molecule has 30 heavy (non-hydrogen) atoms. The number of fused-ring (bicyclic) bond motifs is 3. The van der Waals surface area contributed by atoms with Gasteiger partial charge in [-0.05, 0) is 35.7 Å². The zero-order valence-electron chi connectivity index (χ0n) is 15.5. The summed E-state index contributed by atoms with van der Waals surface area (Å²) in [7, 11) is 0. The molecule has 1 aromatic carbocycles. The summed E-state index contributed by atoms with van der Waals surface area (Å²) in [6, 6.07) is 14.1. The number of nitrogens with one attached hydrogen (secondary N) is 1. The Hall–Kier alpha value is -3.92. The first-order valence-electron chi connectivity index (χ1n) is 9.08. The van der Waals surface area contributed by atoms with Crippen molar-refractivity contribution in [1.82, 2.24) is 18.7 Å². The number of thiophene rings is 1. The van der Waals surface area contributed by atoms with Gasteiger partial charge in [0.2, 0.25) is 11.7 Å². The van der Waals surface area contributed by atoms with Crippen LogP contribution in [0.1, 0.15) is 5.76 Å². The van der Waals surface area contributed by atoms with E-state index in [-0.39, 0.29) is 24.4 Å². The average molecular weight is 421 g/mol. The minimum absolute atomic E-state index is 0.121. The molecule has 0 aliphatic heterocycles. The van der Waals surface area contributed by atoms with E-state index in [9.17, 15) is 14.4 Å². The number of hydrogen-bond donors (Lipinski definition) is 1. The van der Waals surface area contributed by atoms with Gasteiger partial charge in [0.25, 0.3) is 5.56 Å². The van der Waals surface area contributed by atoms with Gasteiger partial charge < -0.3 is 9.73 Å². The van der Waals surface area contributed by atoms with Crippen molar-refractivity contribution in [2.24, 2.45) is 0 Å². The summed E-state index contributed by atoms with van der Waals surface area (Å²) in [4.78, 5) is 38.5. The van der Waals surface area contributed by atoms with Crippen molar-refractivity contribution in [2.75, 3.05) is 5.32 Å². The summed E-state index contributed by atoms with van der Waals surface area (Å²) in [6.07, 6.45) is 1.51. The molecule has 0 fully saturated rings. The highest BCUT2D eigenvalue weighted by Crippen LogP contribution is 2.18. The van der Waals surface area contributed by atoms with Crippen LogP contribution < -0.4 is 16.6 Å². The third-order valence-corrected chi connectivity index (χ3v) is 5.53. The lowest BCUT2D eigenvalue weighted by molar-refractivity contribution is -0.117. The molecule has 1 N–H and O–H groups in total. The van der Waals surface area contributed by atoms with Crippen molar-refractivity contribution in [2.45, 2.75) is 13.1 Å². The third-order valence-electron chi connectivity index (χ3n) is 4.63. The van der Waals surface area contributed by atoms with Crippen LogP contribution in [0, 0.1) is 0 Å². The molecule has 0 saturated heterocycles. The molecule has 0 unspecified atom stereocenters. The Bertz CT molecular complexity index is 1480. The smallest absolute Gasteiger partial charge is 0.352 e. The van der Waals surface area contributed by atoms with Crippen molar-refractivity contribution < 1.29 is 9.21 Å². The van der Waals surface area contributed by atoms with Crippen LogP contribution in [0.2, 0.25) is 0 Å². The van der Waals surface area contributed by atoms with Crippen LogP contribution in [-0.2, 0) is 17.9 Å². The van der Waals surface area contributed by atoms with Crippen molar-refractivity contribution in [3.8, 4) is 0 Å². The molecule has 1 amide bonds. The normalized spacial score (nSPS) is 11.3. The largest absolute Gasteiger partial charge is 0.467 e. The highest BCUT2D eigenvalue weighted by atomic mass is 32.1. The number of aromatic nitrogens is 4. The molecule has 10 heteroatoms. The van der Waals surface area contributed by atoms with Gasteiger partial charge in [0.15, 0.2) is 0 Å². The van der Waals surface area contributed by atoms with Crippen LogP contribution in [0.3, 0.4) is 0 Å². The van der Waals surface area contributed by atoms with E-state index in [4.69, 9.17) is 4.42 Å². The second-order valence-electron chi connectivity index (χ2n) is 6.60. The fourth-order valence-electron chi connectivity index (χ4n) is 3.30. The third kappa shape index (κ3) is 3.03. The molecule has 4 aromatic heterocycles. The Kier molecular flexibility index (Phi) is 4.32. The predicted octanol–water partition coefficient (Wildman–Crippen LogP) is 2.15. The van der Waals surface area contributed by atoms with Crippen LogP contribution in [0.5, 0.6) is 0 Å². The fourth-order valence-corrected chi connectivity index (χ4v) is 4.12. The number of para-hydroxylation sites is 1. The van der Waals surface area contributed by atoms with E-state index in [1.54, 1.807) is 47.8 Å². The van der Waals surface area contributed by atoms with Crippen molar-refractivity contribution >= 4 is 38.9 Å². The molecule has 0 radical (unpaired) electrons. The van der Waals surface area contributed by atoms with Gasteiger partial charge >= 0.3 is 5.69 Å². The van der Waals surface area contributed by atoms with E-state index in [0.717, 1.165) is 4.68 Å². The molecule has 0 aliphatic carbocycles. The predicted molar refractivity (Wildman–Crippen MR) is 112 cm³/mol. The van der Waals surface area contributed by atoms with E-state index >= 15 is 0 Å². The summed E-state index contributed by atoms with van der Waals surface area (Å²) < 4.78 is 9.59. The van der Waals surface area contributed by atoms with E-state index in [2.05, 4.69) is 10.4 Å². The second-order valence-corrected chi connectivity index (χ2v) is 7.51. The maximum absolute atomic E-state index is 13.0. The number of amides is 1. The lowest BCUT2D eigenvalue weighted by Gasteiger charge is -2.05. The van der Waals surface area contributed by atoms with Crippen LogP contribution in [0.4, 0.5) is 5.69 Å². The lowest BCUT2D eigenvalue weighted by atomic mass is 10.3. The molecular formula is C20H15N5O4S. The SMILES string of the molecule is O=C(Cn1nc2n(Cc3ccco3)c(=O)c3sccc3n2c1=O)Nc1ccccc1. The van der Waals surface area contributed by atoms with Gasteiger partial charge in [0, 0.05) is 5.69 Å². The van der Waals surface area contributed by atoms with Crippen LogP contribution in [-0.4, -0.2) is 24.7 Å². The quantitative estimate of drug-likeness (QED) is 0.468. The highest BCUT2D eigenvalue weighted by Gasteiger charge is 2.20. The first-order valence-corrected chi connectivity index (χ1v) is 9.96. The number of anilines is 1. The molecule has 0 atom stereocenters. The molecular weight excluding hydrogens is 406 g/mol. The molecule has 150 valence electrons. The molecule has 9 nitrogen and oxygen atoms in total. The van der Waals surface area contributed by atoms with Crippen molar-refractivity contribution in [1.29, 1.82) is 0 Å². The Labute approximate surface area is 172 Å². The molecule has 0 spiro atoms. The van der Waals surface area contributed by atoms with E-state index < -0.39 is 11.6 Å². The van der Waals surface area contributed by atoms with Crippen LogP contribution in [0.25, 0.3) is 16.0 Å². The van der Waals surface area contributed by atoms with Crippen molar-refractivity contribution in [3.63, 3.8) is 0 Å². The van der Waals surface area contributed by atoms with Crippen LogP contribution >= 0.6 is 11.3 Å². The Morgan fingerprint density at radius 3 is 2.70 bits per heavy atom. The summed E-state index contributed by atoms with van der Waals surface area (Å²) in [5, 5.41) is 8.77. The van der Waals surface area contributed by atoms with Gasteiger partial charge in [-0.2, -0.15) is 0 Å². The number of rotatable bonds is 5. The number of carbonyl (C=O) groups excluding carboxylic acids is 1. The molecule has 0 aliphatic rings. The Morgan fingerprint density at radius 2 is 1.93 bits per heavy atom. The minimum Gasteiger partial charge on any atom is -0.467 e. The van der Waals surface area contributed by atoms with Gasteiger partial charge in [-0.3, -0.25) is 14.2 Å². The van der Waals surface area contributed by atoms with Gasteiger partial charge in [0.1, 0.15) is 17.0 Å². The van der Waals surface area contributed by atoms with E-state index in [1.165, 1.54) is 26.6 Å². The van der Waals surface area contributed by atoms with E-state index in [0.29, 0.717) is 21.7 Å². The van der Waals surface area contributed by atoms with Crippen molar-refractivity contribution in [3.05, 3.63) is 86.8 Å². The minimum atomic E-state index is -0.496. The summed E-state index contributed by atoms with van der Waals surface area (Å²) in [5.41, 5.74) is 0.323. The Balaban J connectivity index is 1.61. The number of hydrogen-bond acceptors (Lipinski definition) is 6. The summed E-state index contributed by atoms with van der Waals surface area (Å²) >= 11 is 1.25. The summed E-state index contributed by atoms with van der Waals surface area (Å²) in [6.45, 7) is -0.161. The van der Waals surface area contributed by atoms with Gasteiger partial charge in [0.05, 0.1) is 18.3 Å². The van der Waals surface area contributed by atoms with Gasteiger partial charge in [-0.1, -0.05) is 18.2 Å². The number of furan rings is 1. The molecule has 5 aromatic rings. The fraction of sp³-hybridized carbons (Fsp3) is 0.100. The van der Waals surface area contributed by atoms with Gasteiger partial charge in [-0.25, -0.2) is 13.9 Å². The standard InChI is InChI=1S/C20H15N5O4S/c26-16(21-13-5-2-1-3-6-13)12-24-20(28)25-15-8-10-30-17(15)18(27)23(19(25)22-24)11-14-7-4-9-29-14/h1-10H,11-12H2,(H,21,26). The molecule has 5 rings (SSSR count). The maximum Gasteiger partial charge on any atom is 0.352 e. The monoisotopic (exact) mass is 421 g/mol. The summed E-state index contributed by atoms with van der Waals surface area (Å²) in [5.74, 6) is 0.312. The van der Waals surface area contributed by atoms with Crippen LogP contribution in [0.15, 0.2) is 74.2 Å². The molecule has 4 heterocycles. The average Bonchev–Trinajstić information content (AvgIpc) is 3.47. The van der Waals surface area contributed by atoms with Gasteiger partial charge in [-0.15, -0.1) is 16.4 Å². The number of nitrogens with zero attached hydrogens (tertiary/aromatic N) is 4. The first-order chi connectivity index (χ1) is 14.6. The highest BCUT2D eigenvalue weighted by molar-refractivity contribution is 7.17. The number of benzene rings is 1. The Morgan fingerprint density at radius 1 is 1.10 bits per heavy atom. The first kappa shape index (κ1) is 18.1. The van der Waals surface area contributed by atoms with E-state index in [1.807, 2.05) is 6.07 Å². The number of carbonyl (C=O) groups is 1. The zero-order chi connectivity index (χ0) is 20.7. The second kappa shape index (κ2) is 7.16. The zero-order valence-corrected chi connectivity index (χ0v) is 16.3.